The summed E-state index contributed by atoms with van der Waals surface area (Å²) < 4.78 is 13.8. The summed E-state index contributed by atoms with van der Waals surface area (Å²) in [5, 5.41) is 0. The number of nitrogens with zero attached hydrogens (tertiary/aromatic N) is 1. The van der Waals surface area contributed by atoms with E-state index in [9.17, 15) is 9.18 Å². The van der Waals surface area contributed by atoms with Crippen molar-refractivity contribution in [2.45, 2.75) is 45.4 Å². The lowest BCUT2D eigenvalue weighted by Gasteiger charge is -2.34. The minimum atomic E-state index is -0.114. The summed E-state index contributed by atoms with van der Waals surface area (Å²) in [5.74, 6) is 0.571. The Balaban J connectivity index is 1.96. The summed E-state index contributed by atoms with van der Waals surface area (Å²) in [4.78, 5) is 14.3. The second kappa shape index (κ2) is 6.87. The summed E-state index contributed by atoms with van der Waals surface area (Å²) in [6, 6.07) is 7.01. The van der Waals surface area contributed by atoms with Gasteiger partial charge in [-0.15, -0.1) is 0 Å². The molecule has 20 heavy (non-hydrogen) atoms. The Hall–Kier alpha value is -1.38. The van der Waals surface area contributed by atoms with Crippen LogP contribution in [0.25, 0.3) is 0 Å². The van der Waals surface area contributed by atoms with Crippen molar-refractivity contribution in [2.75, 3.05) is 13.1 Å². The maximum atomic E-state index is 13.8. The van der Waals surface area contributed by atoms with Crippen molar-refractivity contribution in [1.29, 1.82) is 0 Å². The molecular formula is C17H24FNO. The van der Waals surface area contributed by atoms with Crippen LogP contribution in [0.1, 0.15) is 51.0 Å². The highest BCUT2D eigenvalue weighted by atomic mass is 19.1. The van der Waals surface area contributed by atoms with Gasteiger partial charge in [0.2, 0.25) is 5.91 Å². The third-order valence-electron chi connectivity index (χ3n) is 4.49. The van der Waals surface area contributed by atoms with Crippen LogP contribution in [0.15, 0.2) is 24.3 Å². The lowest BCUT2D eigenvalue weighted by Crippen LogP contribution is -2.41. The first-order valence-electron chi connectivity index (χ1n) is 7.70. The molecule has 3 heteroatoms. The summed E-state index contributed by atoms with van der Waals surface area (Å²) in [6.07, 6.45) is 3.55. The highest BCUT2D eigenvalue weighted by Crippen LogP contribution is 2.30. The first-order chi connectivity index (χ1) is 9.67. The van der Waals surface area contributed by atoms with Crippen LogP contribution in [0.3, 0.4) is 0 Å². The van der Waals surface area contributed by atoms with E-state index in [0.717, 1.165) is 44.3 Å². The molecule has 0 bridgehead atoms. The van der Waals surface area contributed by atoms with E-state index in [4.69, 9.17) is 0 Å². The Morgan fingerprint density at radius 3 is 2.40 bits per heavy atom. The normalized spacial score (nSPS) is 16.7. The van der Waals surface area contributed by atoms with E-state index in [0.29, 0.717) is 0 Å². The molecule has 0 aromatic heterocycles. The molecule has 2 nitrogen and oxygen atoms in total. The van der Waals surface area contributed by atoms with E-state index >= 15 is 0 Å². The number of likely N-dealkylation sites (tertiary alicyclic amines) is 1. The first-order valence-corrected chi connectivity index (χ1v) is 7.70. The van der Waals surface area contributed by atoms with Gasteiger partial charge in [0.15, 0.2) is 0 Å². The lowest BCUT2D eigenvalue weighted by atomic mass is 9.88. The minimum Gasteiger partial charge on any atom is -0.342 e. The Kier molecular flexibility index (Phi) is 5.16. The van der Waals surface area contributed by atoms with Gasteiger partial charge in [0.05, 0.1) is 0 Å². The Morgan fingerprint density at radius 1 is 1.25 bits per heavy atom. The van der Waals surface area contributed by atoms with E-state index in [2.05, 4.69) is 13.8 Å². The number of amides is 1. The van der Waals surface area contributed by atoms with Crippen LogP contribution >= 0.6 is 0 Å². The average Bonchev–Trinajstić information content (AvgIpc) is 2.49. The van der Waals surface area contributed by atoms with Crippen molar-refractivity contribution in [3.8, 4) is 0 Å². The lowest BCUT2D eigenvalue weighted by molar-refractivity contribution is -0.136. The predicted molar refractivity (Wildman–Crippen MR) is 79.0 cm³/mol. The fraction of sp³-hybridized carbons (Fsp3) is 0.588. The molecule has 0 radical (unpaired) electrons. The Labute approximate surface area is 121 Å². The second-order valence-corrected chi connectivity index (χ2v) is 5.63. The van der Waals surface area contributed by atoms with Crippen molar-refractivity contribution in [2.24, 2.45) is 5.92 Å². The maximum Gasteiger partial charge on any atom is 0.225 e. The summed E-state index contributed by atoms with van der Waals surface area (Å²) in [6.45, 7) is 5.65. The molecule has 0 spiro atoms. The second-order valence-electron chi connectivity index (χ2n) is 5.63. The number of hydrogen-bond acceptors (Lipinski definition) is 1. The van der Waals surface area contributed by atoms with Crippen molar-refractivity contribution >= 4 is 5.91 Å². The van der Waals surface area contributed by atoms with Crippen molar-refractivity contribution in [3.63, 3.8) is 0 Å². The van der Waals surface area contributed by atoms with E-state index in [1.165, 1.54) is 6.07 Å². The Morgan fingerprint density at radius 2 is 1.85 bits per heavy atom. The first kappa shape index (κ1) is 15.0. The SMILES string of the molecule is CCC(CC)C(=O)N1CCC(c2ccccc2F)CC1. The molecule has 1 heterocycles. The van der Waals surface area contributed by atoms with Crippen LogP contribution < -0.4 is 0 Å². The summed E-state index contributed by atoms with van der Waals surface area (Å²) >= 11 is 0. The minimum absolute atomic E-state index is 0.114. The zero-order chi connectivity index (χ0) is 14.5. The predicted octanol–water partition coefficient (Wildman–Crippen LogP) is 3.97. The number of carbonyl (C=O) groups excluding carboxylic acids is 1. The number of rotatable bonds is 4. The molecule has 1 amide bonds. The third-order valence-corrected chi connectivity index (χ3v) is 4.49. The highest BCUT2D eigenvalue weighted by molar-refractivity contribution is 5.78. The number of benzene rings is 1. The van der Waals surface area contributed by atoms with Gasteiger partial charge in [0.1, 0.15) is 5.82 Å². The number of halogens is 1. The number of piperidine rings is 1. The van der Waals surface area contributed by atoms with Crippen LogP contribution in [0.2, 0.25) is 0 Å². The molecule has 0 saturated carbocycles. The molecule has 1 aromatic carbocycles. The molecule has 1 aliphatic heterocycles. The third kappa shape index (κ3) is 3.20. The van der Waals surface area contributed by atoms with Gasteiger partial charge in [-0.25, -0.2) is 4.39 Å². The van der Waals surface area contributed by atoms with Crippen LogP contribution in [-0.2, 0) is 4.79 Å². The van der Waals surface area contributed by atoms with Crippen LogP contribution in [0.4, 0.5) is 4.39 Å². The highest BCUT2D eigenvalue weighted by Gasteiger charge is 2.27. The fourth-order valence-electron chi connectivity index (χ4n) is 3.11. The van der Waals surface area contributed by atoms with Gasteiger partial charge in [0, 0.05) is 19.0 Å². The molecule has 0 aliphatic carbocycles. The van der Waals surface area contributed by atoms with Crippen LogP contribution in [-0.4, -0.2) is 23.9 Å². The number of carbonyl (C=O) groups is 1. The van der Waals surface area contributed by atoms with Crippen LogP contribution in [0, 0.1) is 11.7 Å². The van der Waals surface area contributed by atoms with Crippen molar-refractivity contribution < 1.29 is 9.18 Å². The monoisotopic (exact) mass is 277 g/mol. The molecular weight excluding hydrogens is 253 g/mol. The Bertz CT molecular complexity index is 448. The molecule has 0 atom stereocenters. The van der Waals surface area contributed by atoms with E-state index in [1.54, 1.807) is 6.07 Å². The molecule has 0 unspecified atom stereocenters. The van der Waals surface area contributed by atoms with Crippen molar-refractivity contribution in [3.05, 3.63) is 35.6 Å². The van der Waals surface area contributed by atoms with Gasteiger partial charge in [0.25, 0.3) is 0 Å². The molecule has 0 N–H and O–H groups in total. The molecule has 110 valence electrons. The van der Waals surface area contributed by atoms with Crippen LogP contribution in [0.5, 0.6) is 0 Å². The number of hydrogen-bond donors (Lipinski definition) is 0. The van der Waals surface area contributed by atoms with Gasteiger partial charge in [-0.05, 0) is 43.2 Å². The maximum absolute atomic E-state index is 13.8. The van der Waals surface area contributed by atoms with Crippen molar-refractivity contribution in [1.82, 2.24) is 4.90 Å². The molecule has 2 rings (SSSR count). The van der Waals surface area contributed by atoms with Gasteiger partial charge < -0.3 is 4.90 Å². The quantitative estimate of drug-likeness (QED) is 0.815. The van der Waals surface area contributed by atoms with Gasteiger partial charge in [-0.1, -0.05) is 32.0 Å². The topological polar surface area (TPSA) is 20.3 Å². The van der Waals surface area contributed by atoms with Gasteiger partial charge in [-0.3, -0.25) is 4.79 Å². The molecule has 1 saturated heterocycles. The fourth-order valence-corrected chi connectivity index (χ4v) is 3.11. The average molecular weight is 277 g/mol. The summed E-state index contributed by atoms with van der Waals surface area (Å²) in [5.41, 5.74) is 0.808. The van der Waals surface area contributed by atoms with E-state index < -0.39 is 0 Å². The molecule has 1 fully saturated rings. The molecule has 1 aromatic rings. The molecule has 1 aliphatic rings. The zero-order valence-corrected chi connectivity index (χ0v) is 12.4. The van der Waals surface area contributed by atoms with Gasteiger partial charge >= 0.3 is 0 Å². The largest absolute Gasteiger partial charge is 0.342 e. The zero-order valence-electron chi connectivity index (χ0n) is 12.4. The van der Waals surface area contributed by atoms with E-state index in [1.807, 2.05) is 17.0 Å². The standard InChI is InChI=1S/C17H24FNO/c1-3-13(4-2)17(20)19-11-9-14(10-12-19)15-7-5-6-8-16(15)18/h5-8,13-14H,3-4,9-12H2,1-2H3. The van der Waals surface area contributed by atoms with Gasteiger partial charge in [-0.2, -0.15) is 0 Å². The van der Waals surface area contributed by atoms with E-state index in [-0.39, 0.29) is 23.6 Å². The smallest absolute Gasteiger partial charge is 0.225 e. The summed E-state index contributed by atoms with van der Waals surface area (Å²) in [7, 11) is 0.